The number of fused-ring (bicyclic) bond motifs is 1. The zero-order valence-electron chi connectivity index (χ0n) is 19.7. The normalized spacial score (nSPS) is 14.8. The number of methoxy groups -OCH3 is 3. The van der Waals surface area contributed by atoms with Gasteiger partial charge in [-0.25, -0.2) is 0 Å². The third kappa shape index (κ3) is 6.17. The van der Waals surface area contributed by atoms with Crippen molar-refractivity contribution in [3.8, 4) is 17.2 Å². The zero-order chi connectivity index (χ0) is 22.2. The maximum absolute atomic E-state index is 12.8. The van der Waals surface area contributed by atoms with Gasteiger partial charge >= 0.3 is 0 Å². The van der Waals surface area contributed by atoms with E-state index in [1.54, 1.807) is 21.3 Å². The Bertz CT molecular complexity index is 886. The maximum Gasteiger partial charge on any atom is 0.166 e. The minimum Gasteiger partial charge on any atom is -0.496 e. The molecule has 32 heavy (non-hydrogen) atoms. The Morgan fingerprint density at radius 3 is 2.31 bits per heavy atom. The smallest absolute Gasteiger partial charge is 0.166 e. The molecule has 0 bridgehead atoms. The Kier molecular flexibility index (Phi) is 10.3. The number of halogens is 1. The Balaban J connectivity index is 0.00000363. The standard InChI is InChI=1S/C26H35NO4.ClH/c1-5-27(18-20-12-8-9-13-23(20)29-2)14-10-6-7-11-19-15-21-16-24(30-3)25(31-4)17-22(21)26(19)28;/h8-9,12-13,16-17,19H,5-7,10-11,14-15,18H2,1-4H3;1H. The van der Waals surface area contributed by atoms with Crippen molar-refractivity contribution in [3.05, 3.63) is 53.1 Å². The number of hydrogen-bond donors (Lipinski definition) is 0. The topological polar surface area (TPSA) is 48.0 Å². The molecule has 176 valence electrons. The van der Waals surface area contributed by atoms with Crippen LogP contribution in [0.5, 0.6) is 17.2 Å². The van der Waals surface area contributed by atoms with Gasteiger partial charge < -0.3 is 14.2 Å². The van der Waals surface area contributed by atoms with E-state index < -0.39 is 0 Å². The molecule has 2 aromatic carbocycles. The highest BCUT2D eigenvalue weighted by Crippen LogP contribution is 2.38. The van der Waals surface area contributed by atoms with Gasteiger partial charge in [0.05, 0.1) is 21.3 Å². The molecule has 1 aliphatic rings. The van der Waals surface area contributed by atoms with Crippen LogP contribution in [0.1, 0.15) is 54.1 Å². The number of unbranched alkanes of at least 4 members (excludes halogenated alkanes) is 2. The Hall–Kier alpha value is -2.24. The third-order valence-corrected chi connectivity index (χ3v) is 6.27. The molecular weight excluding hydrogens is 426 g/mol. The fourth-order valence-corrected chi connectivity index (χ4v) is 4.46. The highest BCUT2D eigenvalue weighted by Gasteiger charge is 2.31. The summed E-state index contributed by atoms with van der Waals surface area (Å²) in [7, 11) is 4.96. The fraction of sp³-hybridized carbons (Fsp3) is 0.500. The van der Waals surface area contributed by atoms with E-state index in [9.17, 15) is 4.79 Å². The summed E-state index contributed by atoms with van der Waals surface area (Å²) in [5.41, 5.74) is 3.12. The number of nitrogens with zero attached hydrogens (tertiary/aromatic N) is 1. The van der Waals surface area contributed by atoms with E-state index in [-0.39, 0.29) is 24.1 Å². The summed E-state index contributed by atoms with van der Waals surface area (Å²) in [4.78, 5) is 15.3. The minimum absolute atomic E-state index is 0. The Morgan fingerprint density at radius 1 is 0.938 bits per heavy atom. The number of ketones is 1. The van der Waals surface area contributed by atoms with Crippen LogP contribution in [-0.4, -0.2) is 45.1 Å². The van der Waals surface area contributed by atoms with E-state index in [4.69, 9.17) is 14.2 Å². The number of benzene rings is 2. The first-order valence-electron chi connectivity index (χ1n) is 11.2. The minimum atomic E-state index is 0. The van der Waals surface area contributed by atoms with Crippen molar-refractivity contribution >= 4 is 18.2 Å². The van der Waals surface area contributed by atoms with Crippen molar-refractivity contribution in [2.75, 3.05) is 34.4 Å². The molecule has 0 aromatic heterocycles. The van der Waals surface area contributed by atoms with Crippen molar-refractivity contribution in [3.63, 3.8) is 0 Å². The lowest BCUT2D eigenvalue weighted by Crippen LogP contribution is -2.24. The lowest BCUT2D eigenvalue weighted by Gasteiger charge is -2.21. The highest BCUT2D eigenvalue weighted by molar-refractivity contribution is 6.02. The predicted molar refractivity (Wildman–Crippen MR) is 131 cm³/mol. The lowest BCUT2D eigenvalue weighted by molar-refractivity contribution is 0.0928. The summed E-state index contributed by atoms with van der Waals surface area (Å²) < 4.78 is 16.2. The van der Waals surface area contributed by atoms with E-state index in [0.717, 1.165) is 68.6 Å². The third-order valence-electron chi connectivity index (χ3n) is 6.27. The maximum atomic E-state index is 12.8. The van der Waals surface area contributed by atoms with E-state index in [2.05, 4.69) is 24.0 Å². The first-order valence-corrected chi connectivity index (χ1v) is 11.2. The molecule has 1 unspecified atom stereocenters. The molecule has 0 aliphatic heterocycles. The van der Waals surface area contributed by atoms with Gasteiger partial charge in [-0.3, -0.25) is 9.69 Å². The van der Waals surface area contributed by atoms with Crippen LogP contribution in [0.4, 0.5) is 0 Å². The van der Waals surface area contributed by atoms with Crippen LogP contribution in [0, 0.1) is 5.92 Å². The molecule has 1 atom stereocenters. The molecule has 0 saturated heterocycles. The van der Waals surface area contributed by atoms with Crippen LogP contribution in [-0.2, 0) is 13.0 Å². The summed E-state index contributed by atoms with van der Waals surface area (Å²) in [6.07, 6.45) is 5.10. The molecule has 2 aromatic rings. The van der Waals surface area contributed by atoms with Crippen molar-refractivity contribution in [2.24, 2.45) is 5.92 Å². The van der Waals surface area contributed by atoms with E-state index in [1.807, 2.05) is 24.3 Å². The predicted octanol–water partition coefficient (Wildman–Crippen LogP) is 5.57. The van der Waals surface area contributed by atoms with Gasteiger partial charge in [-0.2, -0.15) is 0 Å². The summed E-state index contributed by atoms with van der Waals surface area (Å²) in [6.45, 7) is 5.17. The number of carbonyl (C=O) groups is 1. The molecule has 5 nitrogen and oxygen atoms in total. The molecule has 0 heterocycles. The Labute approximate surface area is 198 Å². The van der Waals surface area contributed by atoms with Crippen LogP contribution in [0.2, 0.25) is 0 Å². The molecule has 0 fully saturated rings. The first-order chi connectivity index (χ1) is 15.1. The molecular formula is C26H36ClNO4. The molecule has 1 aliphatic carbocycles. The van der Waals surface area contributed by atoms with Gasteiger partial charge in [-0.1, -0.05) is 38.0 Å². The quantitative estimate of drug-likeness (QED) is 0.386. The second kappa shape index (κ2) is 12.7. The van der Waals surface area contributed by atoms with Crippen LogP contribution < -0.4 is 14.2 Å². The van der Waals surface area contributed by atoms with Gasteiger partial charge in [0.1, 0.15) is 5.75 Å². The average molecular weight is 462 g/mol. The van der Waals surface area contributed by atoms with Crippen LogP contribution in [0.15, 0.2) is 36.4 Å². The number of hydrogen-bond acceptors (Lipinski definition) is 5. The molecule has 0 amide bonds. The van der Waals surface area contributed by atoms with Gasteiger partial charge in [0.15, 0.2) is 17.3 Å². The molecule has 6 heteroatoms. The van der Waals surface area contributed by atoms with Crippen molar-refractivity contribution in [2.45, 2.75) is 45.6 Å². The SMILES string of the molecule is CCN(CCCCCC1Cc2cc(OC)c(OC)cc2C1=O)Cc1ccccc1OC.Cl. The highest BCUT2D eigenvalue weighted by atomic mass is 35.5. The molecule has 0 radical (unpaired) electrons. The van der Waals surface area contributed by atoms with Crippen molar-refractivity contribution in [1.82, 2.24) is 4.90 Å². The second-order valence-electron chi connectivity index (χ2n) is 8.16. The summed E-state index contributed by atoms with van der Waals surface area (Å²) in [6, 6.07) is 12.0. The van der Waals surface area contributed by atoms with Gasteiger partial charge in [0.25, 0.3) is 0 Å². The Morgan fingerprint density at radius 2 is 1.62 bits per heavy atom. The average Bonchev–Trinajstić information content (AvgIpc) is 3.11. The number of ether oxygens (including phenoxy) is 3. The van der Waals surface area contributed by atoms with Gasteiger partial charge in [-0.05, 0) is 56.1 Å². The molecule has 3 rings (SSSR count). The van der Waals surface area contributed by atoms with E-state index in [0.29, 0.717) is 11.5 Å². The lowest BCUT2D eigenvalue weighted by atomic mass is 9.97. The number of para-hydroxylation sites is 1. The van der Waals surface area contributed by atoms with Crippen molar-refractivity contribution < 1.29 is 19.0 Å². The van der Waals surface area contributed by atoms with E-state index in [1.165, 1.54) is 5.56 Å². The fourth-order valence-electron chi connectivity index (χ4n) is 4.46. The molecule has 0 saturated carbocycles. The number of carbonyl (C=O) groups excluding carboxylic acids is 1. The number of Topliss-reactive ketones (excluding diaryl/α,β-unsaturated/α-hetero) is 1. The number of rotatable bonds is 12. The summed E-state index contributed by atoms with van der Waals surface area (Å²) >= 11 is 0. The van der Waals surface area contributed by atoms with Crippen LogP contribution in [0.3, 0.4) is 0 Å². The largest absolute Gasteiger partial charge is 0.496 e. The van der Waals surface area contributed by atoms with Crippen LogP contribution in [0.25, 0.3) is 0 Å². The summed E-state index contributed by atoms with van der Waals surface area (Å²) in [5, 5.41) is 0. The first kappa shape index (κ1) is 26.0. The summed E-state index contributed by atoms with van der Waals surface area (Å²) in [5.74, 6) is 2.62. The van der Waals surface area contributed by atoms with Gasteiger partial charge in [0, 0.05) is 23.6 Å². The van der Waals surface area contributed by atoms with E-state index >= 15 is 0 Å². The second-order valence-corrected chi connectivity index (χ2v) is 8.16. The molecule has 0 N–H and O–H groups in total. The van der Waals surface area contributed by atoms with Crippen LogP contribution >= 0.6 is 12.4 Å². The molecule has 0 spiro atoms. The zero-order valence-corrected chi connectivity index (χ0v) is 20.5. The van der Waals surface area contributed by atoms with Crippen molar-refractivity contribution in [1.29, 1.82) is 0 Å². The van der Waals surface area contributed by atoms with Gasteiger partial charge in [-0.15, -0.1) is 12.4 Å². The van der Waals surface area contributed by atoms with Gasteiger partial charge in [0.2, 0.25) is 0 Å². The monoisotopic (exact) mass is 461 g/mol.